The molecule has 1 aliphatic rings. The number of anilines is 1. The molecule has 1 atom stereocenters. The Kier molecular flexibility index (Phi) is 4.92. The predicted octanol–water partition coefficient (Wildman–Crippen LogP) is 3.62. The third-order valence-electron chi connectivity index (χ3n) is 5.23. The van der Waals surface area contributed by atoms with Crippen molar-refractivity contribution in [2.75, 3.05) is 18.0 Å². The third kappa shape index (κ3) is 3.21. The topological polar surface area (TPSA) is 75.7 Å². The average Bonchev–Trinajstić information content (AvgIpc) is 2.95. The van der Waals surface area contributed by atoms with Crippen molar-refractivity contribution in [3.8, 4) is 5.75 Å². The standard InChI is InChI=1S/C22H22N2O4S/c1-3-17(16-10-4-5-12-19(16)28-2)23-21(25)14-24-18-11-6-8-15-9-7-13-20(22(15)18)29(24,26)27/h4-13,17H,3,14H2,1-2H3,(H,23,25). The van der Waals surface area contributed by atoms with Crippen molar-refractivity contribution < 1.29 is 17.9 Å². The molecule has 0 radical (unpaired) electrons. The number of nitrogens with one attached hydrogen (secondary N) is 1. The predicted molar refractivity (Wildman–Crippen MR) is 113 cm³/mol. The van der Waals surface area contributed by atoms with E-state index in [1.807, 2.05) is 43.3 Å². The van der Waals surface area contributed by atoms with E-state index in [9.17, 15) is 13.2 Å². The summed E-state index contributed by atoms with van der Waals surface area (Å²) in [5.74, 6) is 0.321. The van der Waals surface area contributed by atoms with Crippen LogP contribution in [0.15, 0.2) is 65.6 Å². The van der Waals surface area contributed by atoms with Crippen LogP contribution >= 0.6 is 0 Å². The van der Waals surface area contributed by atoms with Gasteiger partial charge in [-0.3, -0.25) is 9.10 Å². The Bertz CT molecular complexity index is 1190. The molecule has 0 aliphatic carbocycles. The molecule has 1 aliphatic heterocycles. The maximum absolute atomic E-state index is 13.1. The van der Waals surface area contributed by atoms with Crippen molar-refractivity contribution >= 4 is 32.4 Å². The lowest BCUT2D eigenvalue weighted by molar-refractivity contribution is -0.120. The molecule has 150 valence electrons. The molecule has 1 N–H and O–H groups in total. The smallest absolute Gasteiger partial charge is 0.265 e. The number of para-hydroxylation sites is 1. The minimum atomic E-state index is -3.77. The number of methoxy groups -OCH3 is 1. The van der Waals surface area contributed by atoms with Crippen LogP contribution in [0.25, 0.3) is 10.8 Å². The molecule has 0 saturated carbocycles. The van der Waals surface area contributed by atoms with Crippen molar-refractivity contribution in [2.45, 2.75) is 24.3 Å². The van der Waals surface area contributed by atoms with Crippen LogP contribution in [0.1, 0.15) is 24.9 Å². The molecular formula is C22H22N2O4S. The van der Waals surface area contributed by atoms with Crippen LogP contribution in [0.5, 0.6) is 5.75 Å². The zero-order chi connectivity index (χ0) is 20.6. The number of rotatable bonds is 6. The van der Waals surface area contributed by atoms with Gasteiger partial charge in [-0.25, -0.2) is 8.42 Å². The Morgan fingerprint density at radius 2 is 1.79 bits per heavy atom. The Hall–Kier alpha value is -3.06. The molecule has 1 heterocycles. The Balaban J connectivity index is 1.61. The zero-order valence-electron chi connectivity index (χ0n) is 16.3. The van der Waals surface area contributed by atoms with E-state index in [4.69, 9.17) is 4.74 Å². The molecule has 29 heavy (non-hydrogen) atoms. The lowest BCUT2D eigenvalue weighted by Gasteiger charge is -2.23. The molecular weight excluding hydrogens is 388 g/mol. The summed E-state index contributed by atoms with van der Waals surface area (Å²) in [6.07, 6.45) is 0.647. The van der Waals surface area contributed by atoms with Gasteiger partial charge >= 0.3 is 0 Å². The molecule has 0 fully saturated rings. The van der Waals surface area contributed by atoms with Gasteiger partial charge in [0.05, 0.1) is 23.7 Å². The van der Waals surface area contributed by atoms with Crippen molar-refractivity contribution in [2.24, 2.45) is 0 Å². The monoisotopic (exact) mass is 410 g/mol. The molecule has 3 aromatic carbocycles. The highest BCUT2D eigenvalue weighted by Crippen LogP contribution is 2.41. The lowest BCUT2D eigenvalue weighted by Crippen LogP contribution is -2.40. The van der Waals surface area contributed by atoms with E-state index in [-0.39, 0.29) is 23.4 Å². The van der Waals surface area contributed by atoms with E-state index in [2.05, 4.69) is 5.32 Å². The van der Waals surface area contributed by atoms with Gasteiger partial charge in [0.1, 0.15) is 12.3 Å². The third-order valence-corrected chi connectivity index (χ3v) is 7.03. The molecule has 0 bridgehead atoms. The summed E-state index contributed by atoms with van der Waals surface area (Å²) < 4.78 is 32.7. The largest absolute Gasteiger partial charge is 0.496 e. The summed E-state index contributed by atoms with van der Waals surface area (Å²) in [6.45, 7) is 1.68. The van der Waals surface area contributed by atoms with Crippen molar-refractivity contribution in [1.29, 1.82) is 0 Å². The number of amides is 1. The highest BCUT2D eigenvalue weighted by atomic mass is 32.2. The van der Waals surface area contributed by atoms with Crippen LogP contribution in [-0.4, -0.2) is 28.0 Å². The summed E-state index contributed by atoms with van der Waals surface area (Å²) in [6, 6.07) is 17.8. The van der Waals surface area contributed by atoms with E-state index in [0.717, 1.165) is 10.9 Å². The van der Waals surface area contributed by atoms with E-state index < -0.39 is 10.0 Å². The zero-order valence-corrected chi connectivity index (χ0v) is 17.1. The molecule has 4 rings (SSSR count). The number of sulfonamides is 1. The minimum Gasteiger partial charge on any atom is -0.496 e. The van der Waals surface area contributed by atoms with Gasteiger partial charge in [-0.15, -0.1) is 0 Å². The quantitative estimate of drug-likeness (QED) is 0.673. The van der Waals surface area contributed by atoms with Gasteiger partial charge in [0.15, 0.2) is 0 Å². The van der Waals surface area contributed by atoms with Crippen molar-refractivity contribution in [1.82, 2.24) is 5.32 Å². The summed E-state index contributed by atoms with van der Waals surface area (Å²) in [5, 5.41) is 4.46. The molecule has 3 aromatic rings. The van der Waals surface area contributed by atoms with Gasteiger partial charge in [0.25, 0.3) is 10.0 Å². The number of hydrogen-bond acceptors (Lipinski definition) is 4. The minimum absolute atomic E-state index is 0.246. The second-order valence-electron chi connectivity index (χ2n) is 6.91. The number of hydrogen-bond donors (Lipinski definition) is 1. The second-order valence-corrected chi connectivity index (χ2v) is 8.74. The van der Waals surface area contributed by atoms with Gasteiger partial charge in [0.2, 0.25) is 5.91 Å². The van der Waals surface area contributed by atoms with Gasteiger partial charge in [-0.05, 0) is 30.0 Å². The van der Waals surface area contributed by atoms with Crippen molar-refractivity contribution in [3.05, 3.63) is 66.2 Å². The number of carbonyl (C=O) groups is 1. The van der Waals surface area contributed by atoms with Crippen LogP contribution in [0.3, 0.4) is 0 Å². The fourth-order valence-corrected chi connectivity index (χ4v) is 5.52. The van der Waals surface area contributed by atoms with Gasteiger partial charge < -0.3 is 10.1 Å². The number of carbonyl (C=O) groups excluding carboxylic acids is 1. The first-order valence-corrected chi connectivity index (χ1v) is 10.9. The number of ether oxygens (including phenoxy) is 1. The second kappa shape index (κ2) is 7.40. The van der Waals surface area contributed by atoms with E-state index in [0.29, 0.717) is 23.2 Å². The molecule has 1 amide bonds. The first-order chi connectivity index (χ1) is 14.0. The Labute approximate surface area is 170 Å². The maximum atomic E-state index is 13.1. The fourth-order valence-electron chi connectivity index (χ4n) is 3.85. The van der Waals surface area contributed by atoms with Crippen LogP contribution in [0.2, 0.25) is 0 Å². The summed E-state index contributed by atoms with van der Waals surface area (Å²) >= 11 is 0. The summed E-state index contributed by atoms with van der Waals surface area (Å²) in [4.78, 5) is 13.1. The number of nitrogens with zero attached hydrogens (tertiary/aromatic N) is 1. The summed E-state index contributed by atoms with van der Waals surface area (Å²) in [5.41, 5.74) is 1.40. The molecule has 0 saturated heterocycles. The SMILES string of the molecule is CCC(NC(=O)CN1c2cccc3cccc(c23)S1(=O)=O)c1ccccc1OC. The first-order valence-electron chi connectivity index (χ1n) is 9.44. The molecule has 7 heteroatoms. The van der Waals surface area contributed by atoms with Crippen molar-refractivity contribution in [3.63, 3.8) is 0 Å². The molecule has 6 nitrogen and oxygen atoms in total. The first kappa shape index (κ1) is 19.3. The molecule has 0 aromatic heterocycles. The molecule has 1 unspecified atom stereocenters. The van der Waals surface area contributed by atoms with E-state index in [1.165, 1.54) is 4.31 Å². The fraction of sp³-hybridized carbons (Fsp3) is 0.227. The van der Waals surface area contributed by atoms with Crippen LogP contribution in [-0.2, 0) is 14.8 Å². The van der Waals surface area contributed by atoms with Crippen LogP contribution in [0.4, 0.5) is 5.69 Å². The van der Waals surface area contributed by atoms with E-state index in [1.54, 1.807) is 31.4 Å². The normalized spacial score (nSPS) is 15.3. The molecule has 0 spiro atoms. The summed E-state index contributed by atoms with van der Waals surface area (Å²) in [7, 11) is -2.18. The lowest BCUT2D eigenvalue weighted by atomic mass is 10.0. The number of benzene rings is 3. The van der Waals surface area contributed by atoms with Crippen LogP contribution < -0.4 is 14.4 Å². The van der Waals surface area contributed by atoms with E-state index >= 15 is 0 Å². The Morgan fingerprint density at radius 1 is 1.07 bits per heavy atom. The van der Waals surface area contributed by atoms with Gasteiger partial charge in [-0.2, -0.15) is 0 Å². The average molecular weight is 410 g/mol. The highest BCUT2D eigenvalue weighted by molar-refractivity contribution is 7.93. The van der Waals surface area contributed by atoms with Crippen LogP contribution in [0, 0.1) is 0 Å². The van der Waals surface area contributed by atoms with Gasteiger partial charge in [0, 0.05) is 10.9 Å². The Morgan fingerprint density at radius 3 is 2.52 bits per heavy atom. The highest BCUT2D eigenvalue weighted by Gasteiger charge is 2.36. The maximum Gasteiger partial charge on any atom is 0.265 e. The van der Waals surface area contributed by atoms with Gasteiger partial charge in [-0.1, -0.05) is 49.4 Å².